The predicted octanol–water partition coefficient (Wildman–Crippen LogP) is 0.983. The molecule has 0 aromatic carbocycles. The molecule has 0 radical (unpaired) electrons. The molecule has 1 saturated heterocycles. The molecule has 0 bridgehead atoms. The lowest BCUT2D eigenvalue weighted by Crippen LogP contribution is -2.43. The lowest BCUT2D eigenvalue weighted by Gasteiger charge is -2.32. The van der Waals surface area contributed by atoms with Crippen molar-refractivity contribution in [1.82, 2.24) is 19.0 Å². The zero-order chi connectivity index (χ0) is 19.6. The molecule has 9 heteroatoms. The van der Waals surface area contributed by atoms with Crippen LogP contribution in [-0.2, 0) is 25.4 Å². The highest BCUT2D eigenvalue weighted by Crippen LogP contribution is 2.20. The minimum atomic E-state index is -0.349. The molecule has 2 aromatic heterocycles. The van der Waals surface area contributed by atoms with Gasteiger partial charge in [-0.1, -0.05) is 11.6 Å². The van der Waals surface area contributed by atoms with Crippen LogP contribution in [0.25, 0.3) is 0 Å². The summed E-state index contributed by atoms with van der Waals surface area (Å²) in [4.78, 5) is 42.7. The minimum Gasteiger partial charge on any atom is -0.310 e. The maximum Gasteiger partial charge on any atom is 0.330 e. The van der Waals surface area contributed by atoms with Gasteiger partial charge in [-0.2, -0.15) is 0 Å². The number of nitrogens with zero attached hydrogens (tertiary/aromatic N) is 4. The molecular weight excluding hydrogens is 370 g/mol. The molecule has 8 nitrogen and oxygen atoms in total. The van der Waals surface area contributed by atoms with Crippen molar-refractivity contribution in [3.63, 3.8) is 0 Å². The zero-order valence-electron chi connectivity index (χ0n) is 15.3. The van der Waals surface area contributed by atoms with Crippen LogP contribution in [0.3, 0.4) is 0 Å². The quantitative estimate of drug-likeness (QED) is 0.839. The summed E-state index contributed by atoms with van der Waals surface area (Å²) in [5.41, 5.74) is -0.0330. The molecule has 1 aliphatic rings. The van der Waals surface area contributed by atoms with Gasteiger partial charge in [0.05, 0.1) is 10.9 Å². The number of likely N-dealkylation sites (tertiary alicyclic amines) is 1. The average Bonchev–Trinajstić information content (AvgIpc) is 2.66. The number of aromatic nitrogens is 3. The highest BCUT2D eigenvalue weighted by Gasteiger charge is 2.26. The Balaban J connectivity index is 1.67. The van der Waals surface area contributed by atoms with Crippen LogP contribution >= 0.6 is 11.6 Å². The van der Waals surface area contributed by atoms with Crippen LogP contribution in [-0.4, -0.2) is 38.0 Å². The van der Waals surface area contributed by atoms with Gasteiger partial charge in [-0.25, -0.2) is 9.78 Å². The van der Waals surface area contributed by atoms with Crippen molar-refractivity contribution in [2.24, 2.45) is 20.0 Å². The molecule has 1 aliphatic heterocycles. The fourth-order valence-electron chi connectivity index (χ4n) is 3.25. The molecule has 1 atom stereocenters. The van der Waals surface area contributed by atoms with Gasteiger partial charge in [0.25, 0.3) is 5.56 Å². The highest BCUT2D eigenvalue weighted by atomic mass is 35.5. The van der Waals surface area contributed by atoms with E-state index in [9.17, 15) is 14.4 Å². The molecule has 0 saturated carbocycles. The van der Waals surface area contributed by atoms with Crippen LogP contribution in [0.4, 0.5) is 5.82 Å². The first kappa shape index (κ1) is 19.3. The number of pyridine rings is 1. The van der Waals surface area contributed by atoms with Gasteiger partial charge in [0.2, 0.25) is 5.91 Å². The normalized spacial score (nSPS) is 17.7. The summed E-state index contributed by atoms with van der Waals surface area (Å²) in [6.45, 7) is 1.82. The molecule has 3 heterocycles. The molecule has 0 spiro atoms. The fourth-order valence-corrected chi connectivity index (χ4v) is 3.36. The predicted molar refractivity (Wildman–Crippen MR) is 103 cm³/mol. The Labute approximate surface area is 161 Å². The van der Waals surface area contributed by atoms with E-state index >= 15 is 0 Å². The van der Waals surface area contributed by atoms with Gasteiger partial charge < -0.3 is 5.32 Å². The van der Waals surface area contributed by atoms with Gasteiger partial charge in [0, 0.05) is 45.1 Å². The monoisotopic (exact) mass is 391 g/mol. The van der Waals surface area contributed by atoms with Gasteiger partial charge in [-0.15, -0.1) is 0 Å². The number of carbonyl (C=O) groups excluding carboxylic acids is 1. The molecule has 1 fully saturated rings. The van der Waals surface area contributed by atoms with Crippen LogP contribution in [0.2, 0.25) is 5.02 Å². The molecule has 3 rings (SSSR count). The molecule has 1 N–H and O–H groups in total. The number of carbonyl (C=O) groups is 1. The lowest BCUT2D eigenvalue weighted by molar-refractivity contribution is -0.121. The van der Waals surface area contributed by atoms with Gasteiger partial charge >= 0.3 is 5.69 Å². The number of nitrogens with one attached hydrogen (secondary N) is 1. The van der Waals surface area contributed by atoms with E-state index in [1.165, 1.54) is 23.9 Å². The minimum absolute atomic E-state index is 0.0904. The van der Waals surface area contributed by atoms with E-state index in [0.29, 0.717) is 29.6 Å². The number of amides is 1. The molecular formula is C18H22ClN5O3. The van der Waals surface area contributed by atoms with E-state index in [4.69, 9.17) is 11.6 Å². The Kier molecular flexibility index (Phi) is 5.76. The van der Waals surface area contributed by atoms with Crippen LogP contribution < -0.4 is 16.6 Å². The van der Waals surface area contributed by atoms with Gasteiger partial charge in [0.1, 0.15) is 5.82 Å². The van der Waals surface area contributed by atoms with Crippen LogP contribution in [0.1, 0.15) is 18.5 Å². The van der Waals surface area contributed by atoms with Crippen LogP contribution in [0.5, 0.6) is 0 Å². The van der Waals surface area contributed by atoms with Crippen molar-refractivity contribution in [2.45, 2.75) is 19.4 Å². The average molecular weight is 392 g/mol. The van der Waals surface area contributed by atoms with Crippen molar-refractivity contribution in [2.75, 3.05) is 18.4 Å². The summed E-state index contributed by atoms with van der Waals surface area (Å²) in [5.74, 6) is 0.197. The van der Waals surface area contributed by atoms with Gasteiger partial charge in [-0.05, 0) is 31.5 Å². The maximum absolute atomic E-state index is 12.6. The Bertz CT molecular complexity index is 951. The lowest BCUT2D eigenvalue weighted by atomic mass is 9.97. The maximum atomic E-state index is 12.6. The Hall–Kier alpha value is -2.45. The van der Waals surface area contributed by atoms with Crippen molar-refractivity contribution in [3.8, 4) is 0 Å². The van der Waals surface area contributed by atoms with Crippen molar-refractivity contribution in [3.05, 3.63) is 56.0 Å². The largest absolute Gasteiger partial charge is 0.330 e. The zero-order valence-corrected chi connectivity index (χ0v) is 16.1. The molecule has 2 aromatic rings. The third kappa shape index (κ3) is 4.45. The van der Waals surface area contributed by atoms with E-state index in [1.54, 1.807) is 19.2 Å². The summed E-state index contributed by atoms with van der Waals surface area (Å²) < 4.78 is 2.55. The van der Waals surface area contributed by atoms with Crippen molar-refractivity contribution < 1.29 is 4.79 Å². The standard InChI is InChI=1S/C18H22ClN5O3/c1-22-14(8-16(25)23(2)18(22)27)11-24-7-3-4-12(10-24)17(26)21-15-6-5-13(19)9-20-15/h5-6,8-9,12H,3-4,7,10-11H2,1-2H3,(H,20,21,26). The summed E-state index contributed by atoms with van der Waals surface area (Å²) in [5, 5.41) is 3.33. The van der Waals surface area contributed by atoms with E-state index in [1.807, 2.05) is 0 Å². The topological polar surface area (TPSA) is 89.2 Å². The van der Waals surface area contributed by atoms with Crippen LogP contribution in [0, 0.1) is 5.92 Å². The van der Waals surface area contributed by atoms with Gasteiger partial charge in [-0.3, -0.25) is 23.6 Å². The number of anilines is 1. The molecule has 1 unspecified atom stereocenters. The smallest absolute Gasteiger partial charge is 0.310 e. The van der Waals surface area contributed by atoms with Crippen molar-refractivity contribution in [1.29, 1.82) is 0 Å². The number of halogens is 1. The second-order valence-corrected chi connectivity index (χ2v) is 7.24. The van der Waals surface area contributed by atoms with E-state index in [-0.39, 0.29) is 23.1 Å². The van der Waals surface area contributed by atoms with E-state index < -0.39 is 0 Å². The molecule has 27 heavy (non-hydrogen) atoms. The second-order valence-electron chi connectivity index (χ2n) is 6.80. The number of hydrogen-bond acceptors (Lipinski definition) is 5. The summed E-state index contributed by atoms with van der Waals surface area (Å²) in [6, 6.07) is 4.81. The summed E-state index contributed by atoms with van der Waals surface area (Å²) in [6.07, 6.45) is 3.14. The number of rotatable bonds is 4. The second kappa shape index (κ2) is 8.06. The Morgan fingerprint density at radius 2 is 2.07 bits per heavy atom. The van der Waals surface area contributed by atoms with E-state index in [0.717, 1.165) is 24.0 Å². The fraction of sp³-hybridized carbons (Fsp3) is 0.444. The third-order valence-corrected chi connectivity index (χ3v) is 5.09. The molecule has 0 aliphatic carbocycles. The SMILES string of the molecule is Cn1c(CN2CCCC(C(=O)Nc3ccc(Cl)cn3)C2)cc(=O)n(C)c1=O. The molecule has 1 amide bonds. The number of hydrogen-bond donors (Lipinski definition) is 1. The summed E-state index contributed by atoms with van der Waals surface area (Å²) >= 11 is 5.81. The van der Waals surface area contributed by atoms with Gasteiger partial charge in [0.15, 0.2) is 0 Å². The first-order valence-corrected chi connectivity index (χ1v) is 9.13. The van der Waals surface area contributed by atoms with E-state index in [2.05, 4.69) is 15.2 Å². The Morgan fingerprint density at radius 1 is 1.30 bits per heavy atom. The van der Waals surface area contributed by atoms with Crippen molar-refractivity contribution >= 4 is 23.3 Å². The number of piperidine rings is 1. The first-order chi connectivity index (χ1) is 12.8. The summed E-state index contributed by atoms with van der Waals surface area (Å²) in [7, 11) is 3.11. The third-order valence-electron chi connectivity index (χ3n) is 4.87. The van der Waals surface area contributed by atoms with Crippen LogP contribution in [0.15, 0.2) is 34.0 Å². The first-order valence-electron chi connectivity index (χ1n) is 8.76. The highest BCUT2D eigenvalue weighted by molar-refractivity contribution is 6.30. The Morgan fingerprint density at radius 3 is 2.78 bits per heavy atom. The molecule has 144 valence electrons.